The summed E-state index contributed by atoms with van der Waals surface area (Å²) in [5.74, 6) is -0.264. The Kier molecular flexibility index (Phi) is 13.5. The zero-order valence-electron chi connectivity index (χ0n) is 13.7. The molecular weight excluding hydrogens is 306 g/mol. The van der Waals surface area contributed by atoms with Crippen molar-refractivity contribution in [3.63, 3.8) is 0 Å². The molecule has 0 unspecified atom stereocenters. The first-order valence-corrected chi connectivity index (χ1v) is 9.70. The van der Waals surface area contributed by atoms with Crippen LogP contribution in [0, 0.1) is 0 Å². The Hall–Kier alpha value is -0.660. The van der Waals surface area contributed by atoms with Crippen molar-refractivity contribution in [3.8, 4) is 0 Å². The topological polar surface area (TPSA) is 92.7 Å². The lowest BCUT2D eigenvalue weighted by molar-refractivity contribution is -0.122. The molecule has 0 radical (unpaired) electrons. The summed E-state index contributed by atoms with van der Waals surface area (Å²) in [6.07, 6.45) is 13.7. The minimum Gasteiger partial charge on any atom is -0.332 e. The lowest BCUT2D eigenvalue weighted by atomic mass is 10.1. The molecule has 6 nitrogen and oxygen atoms in total. The van der Waals surface area contributed by atoms with Gasteiger partial charge < -0.3 is 5.32 Å². The summed E-state index contributed by atoms with van der Waals surface area (Å²) in [7, 11) is -4.48. The largest absolute Gasteiger partial charge is 0.399 e. The molecule has 0 bridgehead atoms. The van der Waals surface area contributed by atoms with E-state index >= 15 is 0 Å². The van der Waals surface area contributed by atoms with Crippen molar-refractivity contribution in [1.82, 2.24) is 5.32 Å². The van der Waals surface area contributed by atoms with Gasteiger partial charge in [0.2, 0.25) is 5.91 Å². The van der Waals surface area contributed by atoms with Crippen molar-refractivity contribution in [2.75, 3.05) is 6.73 Å². The average molecular weight is 337 g/mol. The third-order valence-electron chi connectivity index (χ3n) is 3.48. The van der Waals surface area contributed by atoms with Crippen LogP contribution in [0.2, 0.25) is 0 Å². The maximum absolute atomic E-state index is 11.3. The van der Waals surface area contributed by atoms with Crippen molar-refractivity contribution in [2.24, 2.45) is 0 Å². The van der Waals surface area contributed by atoms with E-state index in [4.69, 9.17) is 4.55 Å². The smallest absolute Gasteiger partial charge is 0.332 e. The van der Waals surface area contributed by atoms with Crippen molar-refractivity contribution < 1.29 is 21.9 Å². The Balaban J connectivity index is 3.23. The lowest BCUT2D eigenvalue weighted by Gasteiger charge is -2.04. The molecule has 0 rings (SSSR count). The number of nitrogens with one attached hydrogen (secondary N) is 1. The van der Waals surface area contributed by atoms with E-state index in [1.165, 1.54) is 51.4 Å². The lowest BCUT2D eigenvalue weighted by Crippen LogP contribution is -2.27. The van der Waals surface area contributed by atoms with Gasteiger partial charge in [-0.15, -0.1) is 0 Å². The number of carbonyl (C=O) groups excluding carboxylic acids is 1. The fourth-order valence-electron chi connectivity index (χ4n) is 2.22. The van der Waals surface area contributed by atoms with Gasteiger partial charge in [-0.2, -0.15) is 8.42 Å². The summed E-state index contributed by atoms with van der Waals surface area (Å²) >= 11 is 0. The highest BCUT2D eigenvalue weighted by Crippen LogP contribution is 2.11. The first kappa shape index (κ1) is 21.3. The van der Waals surface area contributed by atoms with Gasteiger partial charge in [-0.3, -0.25) is 9.35 Å². The van der Waals surface area contributed by atoms with E-state index < -0.39 is 17.1 Å². The van der Waals surface area contributed by atoms with Gasteiger partial charge >= 0.3 is 10.4 Å². The third kappa shape index (κ3) is 17.4. The van der Waals surface area contributed by atoms with E-state index in [0.29, 0.717) is 6.42 Å². The Morgan fingerprint density at radius 1 is 0.909 bits per heavy atom. The fraction of sp³-hybridized carbons (Fsp3) is 0.933. The minimum absolute atomic E-state index is 0.264. The zero-order valence-corrected chi connectivity index (χ0v) is 14.5. The summed E-state index contributed by atoms with van der Waals surface area (Å²) in [5, 5.41) is 2.27. The SMILES string of the molecule is CCCCCCCCCCCCCC(=O)NCOS(=O)(=O)O. The highest BCUT2D eigenvalue weighted by molar-refractivity contribution is 7.80. The van der Waals surface area contributed by atoms with Crippen LogP contribution in [0.25, 0.3) is 0 Å². The normalized spacial score (nSPS) is 11.5. The summed E-state index contributed by atoms with van der Waals surface area (Å²) in [6.45, 7) is 1.71. The van der Waals surface area contributed by atoms with Crippen LogP contribution in [-0.4, -0.2) is 25.6 Å². The number of unbranched alkanes of at least 4 members (excludes halogenated alkanes) is 10. The molecule has 0 spiro atoms. The van der Waals surface area contributed by atoms with Crippen molar-refractivity contribution in [1.29, 1.82) is 0 Å². The molecule has 0 aliphatic carbocycles. The van der Waals surface area contributed by atoms with Gasteiger partial charge in [0, 0.05) is 6.42 Å². The van der Waals surface area contributed by atoms with Crippen LogP contribution in [0.3, 0.4) is 0 Å². The summed E-state index contributed by atoms with van der Waals surface area (Å²) in [6, 6.07) is 0. The van der Waals surface area contributed by atoms with Crippen LogP contribution in [0.5, 0.6) is 0 Å². The Morgan fingerprint density at radius 2 is 1.36 bits per heavy atom. The van der Waals surface area contributed by atoms with Gasteiger partial charge in [0.15, 0.2) is 0 Å². The van der Waals surface area contributed by atoms with Crippen LogP contribution in [-0.2, 0) is 19.4 Å². The fourth-order valence-corrected chi connectivity index (χ4v) is 2.43. The van der Waals surface area contributed by atoms with Crippen molar-refractivity contribution in [3.05, 3.63) is 0 Å². The molecule has 1 amide bonds. The molecular formula is C15H31NO5S. The number of hydrogen-bond donors (Lipinski definition) is 2. The highest BCUT2D eigenvalue weighted by Gasteiger charge is 2.05. The maximum Gasteiger partial charge on any atom is 0.399 e. The van der Waals surface area contributed by atoms with Gasteiger partial charge in [0.1, 0.15) is 6.73 Å². The molecule has 0 aliphatic rings. The number of hydrogen-bond acceptors (Lipinski definition) is 4. The average Bonchev–Trinajstić information content (AvgIpc) is 2.43. The predicted molar refractivity (Wildman–Crippen MR) is 86.7 cm³/mol. The molecule has 132 valence electrons. The van der Waals surface area contributed by atoms with Gasteiger partial charge in [-0.1, -0.05) is 71.1 Å². The van der Waals surface area contributed by atoms with Crippen LogP contribution < -0.4 is 5.32 Å². The second-order valence-corrected chi connectivity index (χ2v) is 6.67. The first-order chi connectivity index (χ1) is 10.5. The van der Waals surface area contributed by atoms with E-state index in [0.717, 1.165) is 19.3 Å². The number of rotatable bonds is 15. The summed E-state index contributed by atoms with van der Waals surface area (Å²) in [5.41, 5.74) is 0. The molecule has 0 aromatic rings. The van der Waals surface area contributed by atoms with Crippen LogP contribution in [0.15, 0.2) is 0 Å². The Bertz CT molecular complexity index is 370. The molecule has 0 aliphatic heterocycles. The molecule has 0 atom stereocenters. The monoisotopic (exact) mass is 337 g/mol. The van der Waals surface area contributed by atoms with Gasteiger partial charge in [0.25, 0.3) is 0 Å². The third-order valence-corrected chi connectivity index (χ3v) is 3.90. The predicted octanol–water partition coefficient (Wildman–Crippen LogP) is 3.58. The number of carbonyl (C=O) groups is 1. The first-order valence-electron chi connectivity index (χ1n) is 8.34. The molecule has 0 aromatic carbocycles. The minimum atomic E-state index is -4.48. The zero-order chi connectivity index (χ0) is 16.7. The molecule has 22 heavy (non-hydrogen) atoms. The maximum atomic E-state index is 11.3. The Morgan fingerprint density at radius 3 is 1.82 bits per heavy atom. The second kappa shape index (κ2) is 14.0. The summed E-state index contributed by atoms with van der Waals surface area (Å²) < 4.78 is 32.8. The van der Waals surface area contributed by atoms with Crippen molar-refractivity contribution in [2.45, 2.75) is 84.0 Å². The standard InChI is InChI=1S/C15H31NO5S/c1-2-3-4-5-6-7-8-9-10-11-12-13-15(17)16-14-21-22(18,19)20/h2-14H2,1H3,(H,16,17)(H,18,19,20). The molecule has 0 aromatic heterocycles. The van der Waals surface area contributed by atoms with Gasteiger partial charge in [-0.05, 0) is 6.42 Å². The van der Waals surface area contributed by atoms with E-state index in [1.807, 2.05) is 0 Å². The molecule has 7 heteroatoms. The van der Waals surface area contributed by atoms with Gasteiger partial charge in [-0.25, -0.2) is 4.18 Å². The van der Waals surface area contributed by atoms with Crippen molar-refractivity contribution >= 4 is 16.3 Å². The van der Waals surface area contributed by atoms with Crippen LogP contribution in [0.4, 0.5) is 0 Å². The quantitative estimate of drug-likeness (QED) is 0.271. The molecule has 0 saturated heterocycles. The van der Waals surface area contributed by atoms with E-state index in [2.05, 4.69) is 16.4 Å². The molecule has 2 N–H and O–H groups in total. The van der Waals surface area contributed by atoms with Crippen LogP contribution in [0.1, 0.15) is 84.0 Å². The molecule has 0 fully saturated rings. The molecule has 0 saturated carbocycles. The summed E-state index contributed by atoms with van der Waals surface area (Å²) in [4.78, 5) is 11.3. The van der Waals surface area contributed by atoms with Gasteiger partial charge in [0.05, 0.1) is 0 Å². The molecule has 0 heterocycles. The van der Waals surface area contributed by atoms with Crippen LogP contribution >= 0.6 is 0 Å². The second-order valence-electron chi connectivity index (χ2n) is 5.58. The highest BCUT2D eigenvalue weighted by atomic mass is 32.3. The van der Waals surface area contributed by atoms with E-state index in [-0.39, 0.29) is 5.91 Å². The van der Waals surface area contributed by atoms with E-state index in [9.17, 15) is 13.2 Å². The Labute approximate surface area is 135 Å². The van der Waals surface area contributed by atoms with E-state index in [1.54, 1.807) is 0 Å². The number of amides is 1.